The van der Waals surface area contributed by atoms with E-state index in [1.54, 1.807) is 13.0 Å². The fourth-order valence-electron chi connectivity index (χ4n) is 0.649. The van der Waals surface area contributed by atoms with Gasteiger partial charge in [-0.1, -0.05) is 6.07 Å². The van der Waals surface area contributed by atoms with Crippen molar-refractivity contribution in [1.82, 2.24) is 0 Å². The maximum atomic E-state index is 10.4. The third kappa shape index (κ3) is 2.20. The molecule has 0 spiro atoms. The van der Waals surface area contributed by atoms with Crippen LogP contribution >= 0.6 is 11.3 Å². The fourth-order valence-corrected chi connectivity index (χ4v) is 1.36. The third-order valence-electron chi connectivity index (χ3n) is 1.24. The Kier molecular flexibility index (Phi) is 2.44. The van der Waals surface area contributed by atoms with Crippen molar-refractivity contribution < 1.29 is 9.90 Å². The highest BCUT2D eigenvalue weighted by molar-refractivity contribution is 7.10. The molecule has 0 aliphatic rings. The summed E-state index contributed by atoms with van der Waals surface area (Å²) in [5.41, 5.74) is 0.368. The van der Waals surface area contributed by atoms with Gasteiger partial charge < -0.3 is 5.11 Å². The summed E-state index contributed by atoms with van der Waals surface area (Å²) in [6, 6.07) is 3.78. The summed E-state index contributed by atoms with van der Waals surface area (Å²) >= 11 is 1.53. The van der Waals surface area contributed by atoms with Crippen molar-refractivity contribution in [1.29, 1.82) is 0 Å². The van der Waals surface area contributed by atoms with Gasteiger partial charge >= 0.3 is 5.97 Å². The van der Waals surface area contributed by atoms with Crippen LogP contribution in [0.3, 0.4) is 0 Å². The molecule has 0 aliphatic heterocycles. The van der Waals surface area contributed by atoms with Gasteiger partial charge in [0, 0.05) is 10.5 Å². The van der Waals surface area contributed by atoms with Crippen LogP contribution in [-0.4, -0.2) is 11.1 Å². The highest BCUT2D eigenvalue weighted by Gasteiger charge is 1.98. The van der Waals surface area contributed by atoms with Crippen molar-refractivity contribution in [3.8, 4) is 0 Å². The number of carbonyl (C=O) groups is 1. The monoisotopic (exact) mass is 168 g/mol. The predicted molar refractivity (Wildman–Crippen MR) is 45.6 cm³/mol. The fraction of sp³-hybridized carbons (Fsp3) is 0.125. The van der Waals surface area contributed by atoms with Crippen molar-refractivity contribution in [3.05, 3.63) is 28.0 Å². The summed E-state index contributed by atoms with van der Waals surface area (Å²) in [5.74, 6) is -0.863. The SMILES string of the molecule is C/C(=C\c1cccs1)C(=O)O. The lowest BCUT2D eigenvalue weighted by molar-refractivity contribution is -0.132. The number of aliphatic carboxylic acids is 1. The molecule has 0 aromatic carbocycles. The van der Waals surface area contributed by atoms with E-state index in [1.165, 1.54) is 11.3 Å². The van der Waals surface area contributed by atoms with E-state index in [-0.39, 0.29) is 0 Å². The topological polar surface area (TPSA) is 37.3 Å². The van der Waals surface area contributed by atoms with E-state index >= 15 is 0 Å². The van der Waals surface area contributed by atoms with Crippen LogP contribution < -0.4 is 0 Å². The molecule has 0 fully saturated rings. The first kappa shape index (κ1) is 8.01. The number of rotatable bonds is 2. The Bertz CT molecular complexity index is 272. The van der Waals surface area contributed by atoms with Crippen LogP contribution in [0.2, 0.25) is 0 Å². The number of hydrogen-bond acceptors (Lipinski definition) is 2. The Morgan fingerprint density at radius 2 is 2.45 bits per heavy atom. The molecular weight excluding hydrogens is 160 g/mol. The number of hydrogen-bond donors (Lipinski definition) is 1. The highest BCUT2D eigenvalue weighted by atomic mass is 32.1. The first-order valence-corrected chi connectivity index (χ1v) is 4.03. The molecule has 1 aromatic heterocycles. The summed E-state index contributed by atoms with van der Waals surface area (Å²) in [4.78, 5) is 11.3. The van der Waals surface area contributed by atoms with Crippen molar-refractivity contribution >= 4 is 23.4 Å². The van der Waals surface area contributed by atoms with Crippen LogP contribution in [0.5, 0.6) is 0 Å². The van der Waals surface area contributed by atoms with E-state index in [0.717, 1.165) is 4.88 Å². The standard InChI is InChI=1S/C8H8O2S/c1-6(8(9)10)5-7-3-2-4-11-7/h2-5H,1H3,(H,9,10)/b6-5+. The molecule has 1 N–H and O–H groups in total. The van der Waals surface area contributed by atoms with Crippen molar-refractivity contribution in [2.24, 2.45) is 0 Å². The Labute approximate surface area is 68.8 Å². The normalized spacial score (nSPS) is 11.5. The minimum absolute atomic E-state index is 0.368. The number of carboxylic acid groups (broad SMARTS) is 1. The maximum absolute atomic E-state index is 10.4. The molecule has 11 heavy (non-hydrogen) atoms. The highest BCUT2D eigenvalue weighted by Crippen LogP contribution is 2.12. The molecule has 58 valence electrons. The molecule has 1 aromatic rings. The van der Waals surface area contributed by atoms with Gasteiger partial charge in [-0.25, -0.2) is 4.79 Å². The van der Waals surface area contributed by atoms with Crippen molar-refractivity contribution in [2.45, 2.75) is 6.92 Å². The molecule has 0 unspecified atom stereocenters. The van der Waals surface area contributed by atoms with Gasteiger partial charge in [-0.3, -0.25) is 0 Å². The van der Waals surface area contributed by atoms with Crippen molar-refractivity contribution in [2.75, 3.05) is 0 Å². The Hall–Kier alpha value is -1.09. The smallest absolute Gasteiger partial charge is 0.331 e. The van der Waals surface area contributed by atoms with E-state index in [4.69, 9.17) is 5.11 Å². The molecule has 0 aliphatic carbocycles. The zero-order chi connectivity index (χ0) is 8.27. The largest absolute Gasteiger partial charge is 0.478 e. The number of thiophene rings is 1. The molecular formula is C8H8O2S. The summed E-state index contributed by atoms with van der Waals surface area (Å²) in [6.45, 7) is 1.59. The van der Waals surface area contributed by atoms with Gasteiger partial charge in [0.05, 0.1) is 0 Å². The molecule has 1 heterocycles. The summed E-state index contributed by atoms with van der Waals surface area (Å²) in [5, 5.41) is 10.4. The molecule has 0 bridgehead atoms. The third-order valence-corrected chi connectivity index (χ3v) is 2.06. The zero-order valence-electron chi connectivity index (χ0n) is 6.07. The first-order valence-electron chi connectivity index (χ1n) is 3.15. The van der Waals surface area contributed by atoms with E-state index in [1.807, 2.05) is 17.5 Å². The number of carboxylic acids is 1. The van der Waals surface area contributed by atoms with Gasteiger partial charge in [-0.15, -0.1) is 11.3 Å². The van der Waals surface area contributed by atoms with E-state index in [2.05, 4.69) is 0 Å². The second kappa shape index (κ2) is 3.34. The molecule has 0 atom stereocenters. The molecule has 2 nitrogen and oxygen atoms in total. The van der Waals surface area contributed by atoms with Crippen LogP contribution in [0.15, 0.2) is 23.1 Å². The lowest BCUT2D eigenvalue weighted by Gasteiger charge is -1.89. The van der Waals surface area contributed by atoms with E-state index in [9.17, 15) is 4.79 Å². The molecule has 1 rings (SSSR count). The van der Waals surface area contributed by atoms with Crippen LogP contribution in [0.1, 0.15) is 11.8 Å². The zero-order valence-corrected chi connectivity index (χ0v) is 6.89. The van der Waals surface area contributed by atoms with Gasteiger partial charge in [0.25, 0.3) is 0 Å². The van der Waals surface area contributed by atoms with Gasteiger partial charge in [0.15, 0.2) is 0 Å². The van der Waals surface area contributed by atoms with E-state index < -0.39 is 5.97 Å². The Morgan fingerprint density at radius 1 is 1.73 bits per heavy atom. The molecule has 0 radical (unpaired) electrons. The summed E-state index contributed by atoms with van der Waals surface area (Å²) in [6.07, 6.45) is 1.66. The average Bonchev–Trinajstić information content (AvgIpc) is 2.39. The molecule has 0 saturated carbocycles. The van der Waals surface area contributed by atoms with Crippen LogP contribution in [0, 0.1) is 0 Å². The summed E-state index contributed by atoms with van der Waals surface area (Å²) < 4.78 is 0. The lowest BCUT2D eigenvalue weighted by atomic mass is 10.2. The minimum atomic E-state index is -0.863. The second-order valence-corrected chi connectivity index (χ2v) is 3.13. The van der Waals surface area contributed by atoms with Gasteiger partial charge in [0.1, 0.15) is 0 Å². The average molecular weight is 168 g/mol. The Morgan fingerprint density at radius 3 is 2.91 bits per heavy atom. The lowest BCUT2D eigenvalue weighted by Crippen LogP contribution is -1.94. The minimum Gasteiger partial charge on any atom is -0.478 e. The molecule has 3 heteroatoms. The van der Waals surface area contributed by atoms with Crippen LogP contribution in [-0.2, 0) is 4.79 Å². The first-order chi connectivity index (χ1) is 5.20. The van der Waals surface area contributed by atoms with Crippen LogP contribution in [0.25, 0.3) is 6.08 Å². The maximum Gasteiger partial charge on any atom is 0.331 e. The Balaban J connectivity index is 2.82. The van der Waals surface area contributed by atoms with Gasteiger partial charge in [-0.2, -0.15) is 0 Å². The summed E-state index contributed by atoms with van der Waals surface area (Å²) in [7, 11) is 0. The quantitative estimate of drug-likeness (QED) is 0.687. The van der Waals surface area contributed by atoms with E-state index in [0.29, 0.717) is 5.57 Å². The van der Waals surface area contributed by atoms with Crippen LogP contribution in [0.4, 0.5) is 0 Å². The van der Waals surface area contributed by atoms with Crippen molar-refractivity contribution in [3.63, 3.8) is 0 Å². The second-order valence-electron chi connectivity index (χ2n) is 2.15. The predicted octanol–water partition coefficient (Wildman–Crippen LogP) is 2.24. The molecule has 0 saturated heterocycles. The molecule has 0 amide bonds. The van der Waals surface area contributed by atoms with Gasteiger partial charge in [-0.05, 0) is 24.4 Å². The van der Waals surface area contributed by atoms with Gasteiger partial charge in [0.2, 0.25) is 0 Å².